The molecule has 1 aromatic heterocycles. The van der Waals surface area contributed by atoms with Crippen molar-refractivity contribution in [3.05, 3.63) is 97.0 Å². The number of hydrogen-bond acceptors (Lipinski definition) is 5. The number of rotatable bonds is 8. The molecule has 1 heterocycles. The van der Waals surface area contributed by atoms with Crippen LogP contribution in [-0.2, 0) is 6.61 Å². The minimum Gasteiger partial charge on any atom is -0.490 e. The summed E-state index contributed by atoms with van der Waals surface area (Å²) in [5.74, 6) is 1.91. The third-order valence-electron chi connectivity index (χ3n) is 6.92. The molecule has 6 nitrogen and oxygen atoms in total. The van der Waals surface area contributed by atoms with Gasteiger partial charge in [-0.3, -0.25) is 4.79 Å². The molecular weight excluding hydrogens is 578 g/mol. The second-order valence-electron chi connectivity index (χ2n) is 9.87. The largest absolute Gasteiger partial charge is 0.490 e. The molecule has 0 aliphatic heterocycles. The van der Waals surface area contributed by atoms with E-state index in [2.05, 4.69) is 27.1 Å². The van der Waals surface area contributed by atoms with E-state index in [1.165, 1.54) is 11.1 Å². The summed E-state index contributed by atoms with van der Waals surface area (Å²) in [6.45, 7) is 4.78. The fourth-order valence-corrected chi connectivity index (χ4v) is 5.68. The maximum Gasteiger partial charge on any atom is 0.282 e. The predicted octanol–water partition coefficient (Wildman–Crippen LogP) is 8.03. The maximum absolute atomic E-state index is 13.6. The first kappa shape index (κ1) is 27.4. The fraction of sp³-hybridized carbons (Fsp3) is 0.323. The molecule has 1 aliphatic rings. The van der Waals surface area contributed by atoms with Gasteiger partial charge in [-0.25, -0.2) is 4.98 Å². The van der Waals surface area contributed by atoms with E-state index in [0.29, 0.717) is 52.0 Å². The van der Waals surface area contributed by atoms with Crippen LogP contribution in [0.2, 0.25) is 5.02 Å². The minimum atomic E-state index is -0.188. The van der Waals surface area contributed by atoms with E-state index in [1.54, 1.807) is 18.3 Å². The minimum absolute atomic E-state index is 0.188. The predicted molar refractivity (Wildman–Crippen MR) is 161 cm³/mol. The smallest absolute Gasteiger partial charge is 0.282 e. The van der Waals surface area contributed by atoms with Gasteiger partial charge in [0.15, 0.2) is 11.5 Å². The highest BCUT2D eigenvalue weighted by Crippen LogP contribution is 2.37. The average molecular weight is 609 g/mol. The number of benzene rings is 3. The molecule has 5 rings (SSSR count). The Kier molecular flexibility index (Phi) is 8.68. The third-order valence-corrected chi connectivity index (χ3v) is 7.70. The number of aryl methyl sites for hydroxylation is 1. The van der Waals surface area contributed by atoms with Gasteiger partial charge in [-0.05, 0) is 68.1 Å². The SMILES string of the molecule is CCOc1cc(C=Nn2c(C3CCCCC3)nc3ccc(Br)cc3c2=O)cc(Cl)c1OCc1cccc(C)c1. The molecule has 0 spiro atoms. The molecule has 4 aromatic rings. The molecule has 0 N–H and O–H groups in total. The summed E-state index contributed by atoms with van der Waals surface area (Å²) in [6, 6.07) is 17.3. The van der Waals surface area contributed by atoms with E-state index in [9.17, 15) is 4.79 Å². The van der Waals surface area contributed by atoms with Crippen LogP contribution in [0.3, 0.4) is 0 Å². The zero-order valence-corrected chi connectivity index (χ0v) is 24.5. The Morgan fingerprint density at radius 3 is 2.69 bits per heavy atom. The van der Waals surface area contributed by atoms with Crippen LogP contribution >= 0.6 is 27.5 Å². The summed E-state index contributed by atoms with van der Waals surface area (Å²) in [5, 5.41) is 5.59. The number of ether oxygens (including phenoxy) is 2. The number of halogens is 2. The quantitative estimate of drug-likeness (QED) is 0.190. The highest BCUT2D eigenvalue weighted by Gasteiger charge is 2.22. The van der Waals surface area contributed by atoms with Crippen molar-refractivity contribution in [1.29, 1.82) is 0 Å². The molecule has 8 heteroatoms. The molecular formula is C31H31BrClN3O3. The summed E-state index contributed by atoms with van der Waals surface area (Å²) < 4.78 is 14.2. The standard InChI is InChI=1S/C31H31BrClN3O3/c1-3-38-28-16-22(15-26(33)29(28)39-19-21-9-7-8-20(2)14-21)18-34-36-30(23-10-5-4-6-11-23)35-27-13-12-24(32)17-25(27)31(36)37/h7-9,12-18,23H,3-6,10-11,19H2,1-2H3. The van der Waals surface area contributed by atoms with Crippen molar-refractivity contribution in [2.45, 2.75) is 58.5 Å². The highest BCUT2D eigenvalue weighted by molar-refractivity contribution is 9.10. The van der Waals surface area contributed by atoms with Crippen molar-refractivity contribution in [3.8, 4) is 11.5 Å². The Hall–Kier alpha value is -3.16. The topological polar surface area (TPSA) is 65.7 Å². The van der Waals surface area contributed by atoms with Gasteiger partial charge in [0.2, 0.25) is 0 Å². The second-order valence-corrected chi connectivity index (χ2v) is 11.2. The van der Waals surface area contributed by atoms with Crippen LogP contribution in [0.4, 0.5) is 0 Å². The number of aromatic nitrogens is 2. The number of hydrogen-bond donors (Lipinski definition) is 0. The van der Waals surface area contributed by atoms with Gasteiger partial charge in [0.25, 0.3) is 5.56 Å². The normalized spacial score (nSPS) is 14.3. The maximum atomic E-state index is 13.6. The van der Waals surface area contributed by atoms with Gasteiger partial charge in [0, 0.05) is 10.4 Å². The van der Waals surface area contributed by atoms with Gasteiger partial charge < -0.3 is 9.47 Å². The van der Waals surface area contributed by atoms with Gasteiger partial charge in [-0.15, -0.1) is 0 Å². The summed E-state index contributed by atoms with van der Waals surface area (Å²) in [6.07, 6.45) is 7.09. The molecule has 0 atom stereocenters. The van der Waals surface area contributed by atoms with E-state index in [4.69, 9.17) is 26.1 Å². The van der Waals surface area contributed by atoms with Gasteiger partial charge in [0.1, 0.15) is 12.4 Å². The molecule has 0 bridgehead atoms. The molecule has 0 saturated heterocycles. The van der Waals surface area contributed by atoms with Crippen molar-refractivity contribution < 1.29 is 9.47 Å². The Labute approximate surface area is 241 Å². The van der Waals surface area contributed by atoms with Crippen LogP contribution in [0.5, 0.6) is 11.5 Å². The van der Waals surface area contributed by atoms with Crippen molar-refractivity contribution in [3.63, 3.8) is 0 Å². The van der Waals surface area contributed by atoms with Crippen LogP contribution in [0.15, 0.2) is 69.0 Å². The van der Waals surface area contributed by atoms with Crippen LogP contribution in [0, 0.1) is 6.92 Å². The van der Waals surface area contributed by atoms with Gasteiger partial charge in [-0.2, -0.15) is 9.78 Å². The van der Waals surface area contributed by atoms with E-state index >= 15 is 0 Å². The van der Waals surface area contributed by atoms with Crippen LogP contribution < -0.4 is 15.0 Å². The van der Waals surface area contributed by atoms with Gasteiger partial charge in [-0.1, -0.05) is 76.6 Å². The van der Waals surface area contributed by atoms with Crippen molar-refractivity contribution >= 4 is 44.6 Å². The Morgan fingerprint density at radius 1 is 1.10 bits per heavy atom. The molecule has 0 unspecified atom stereocenters. The van der Waals surface area contributed by atoms with Crippen molar-refractivity contribution in [2.24, 2.45) is 5.10 Å². The third kappa shape index (κ3) is 6.36. The summed E-state index contributed by atoms with van der Waals surface area (Å²) >= 11 is 10.2. The lowest BCUT2D eigenvalue weighted by Gasteiger charge is -2.22. The van der Waals surface area contributed by atoms with Gasteiger partial charge >= 0.3 is 0 Å². The average Bonchev–Trinajstić information content (AvgIpc) is 2.93. The summed E-state index contributed by atoms with van der Waals surface area (Å²) in [4.78, 5) is 18.5. The Balaban J connectivity index is 1.51. The number of fused-ring (bicyclic) bond motifs is 1. The molecule has 202 valence electrons. The monoisotopic (exact) mass is 607 g/mol. The first-order chi connectivity index (χ1) is 18.9. The van der Waals surface area contributed by atoms with Crippen LogP contribution in [-0.4, -0.2) is 22.5 Å². The highest BCUT2D eigenvalue weighted by atomic mass is 79.9. The van der Waals surface area contributed by atoms with E-state index < -0.39 is 0 Å². The Bertz CT molecular complexity index is 1580. The first-order valence-electron chi connectivity index (χ1n) is 13.3. The molecule has 3 aromatic carbocycles. The van der Waals surface area contributed by atoms with Gasteiger partial charge in [0.05, 0.1) is 28.7 Å². The molecule has 39 heavy (non-hydrogen) atoms. The lowest BCUT2D eigenvalue weighted by molar-refractivity contribution is 0.269. The van der Waals surface area contributed by atoms with E-state index in [-0.39, 0.29) is 11.5 Å². The Morgan fingerprint density at radius 2 is 1.92 bits per heavy atom. The first-order valence-corrected chi connectivity index (χ1v) is 14.5. The zero-order chi connectivity index (χ0) is 27.4. The van der Waals surface area contributed by atoms with Crippen molar-refractivity contribution in [1.82, 2.24) is 9.66 Å². The second kappa shape index (κ2) is 12.3. The molecule has 1 saturated carbocycles. The lowest BCUT2D eigenvalue weighted by Crippen LogP contribution is -2.25. The van der Waals surface area contributed by atoms with Crippen LogP contribution in [0.1, 0.15) is 67.5 Å². The molecule has 0 amide bonds. The summed E-state index contributed by atoms with van der Waals surface area (Å²) in [5.41, 5.74) is 3.41. The summed E-state index contributed by atoms with van der Waals surface area (Å²) in [7, 11) is 0. The van der Waals surface area contributed by atoms with Crippen molar-refractivity contribution in [2.75, 3.05) is 6.61 Å². The lowest BCUT2D eigenvalue weighted by atomic mass is 9.88. The molecule has 0 radical (unpaired) electrons. The number of nitrogens with zero attached hydrogens (tertiary/aromatic N) is 3. The fourth-order valence-electron chi connectivity index (χ4n) is 5.05. The van der Waals surface area contributed by atoms with E-state index in [1.807, 2.05) is 50.2 Å². The zero-order valence-electron chi connectivity index (χ0n) is 22.1. The van der Waals surface area contributed by atoms with E-state index in [0.717, 1.165) is 41.3 Å². The van der Waals surface area contributed by atoms with Crippen LogP contribution in [0.25, 0.3) is 10.9 Å². The molecule has 1 fully saturated rings. The molecule has 1 aliphatic carbocycles.